The van der Waals surface area contributed by atoms with Crippen molar-refractivity contribution < 1.29 is 13.2 Å². The lowest BCUT2D eigenvalue weighted by atomic mass is 10.0. The molecule has 0 aliphatic rings. The van der Waals surface area contributed by atoms with E-state index in [1.54, 1.807) is 18.2 Å². The van der Waals surface area contributed by atoms with Crippen LogP contribution in [0.4, 0.5) is 13.2 Å². The maximum Gasteiger partial charge on any atom is 0.390 e. The zero-order valence-electron chi connectivity index (χ0n) is 7.48. The minimum atomic E-state index is -4.25. The van der Waals surface area contributed by atoms with Gasteiger partial charge in [-0.15, -0.1) is 0 Å². The van der Waals surface area contributed by atoms with E-state index in [1.807, 2.05) is 0 Å². The van der Waals surface area contributed by atoms with Crippen molar-refractivity contribution in [2.75, 3.05) is 0 Å². The molecule has 0 fully saturated rings. The molecule has 0 bridgehead atoms. The summed E-state index contributed by atoms with van der Waals surface area (Å²) in [4.78, 5) is 0. The molecular weight excluding hydrogens is 339 g/mol. The van der Waals surface area contributed by atoms with Gasteiger partial charge in [0.05, 0.1) is 6.42 Å². The number of hydrogen-bond donors (Lipinski definition) is 1. The fourth-order valence-electron chi connectivity index (χ4n) is 1.16. The van der Waals surface area contributed by atoms with Crippen LogP contribution in [0, 0.1) is 0 Å². The van der Waals surface area contributed by atoms with Crippen LogP contribution >= 0.6 is 31.9 Å². The summed E-state index contributed by atoms with van der Waals surface area (Å²) in [5.41, 5.74) is 5.93. The Hall–Kier alpha value is -0.0700. The highest BCUT2D eigenvalue weighted by Crippen LogP contribution is 2.32. The van der Waals surface area contributed by atoms with E-state index in [1.165, 1.54) is 0 Å². The molecule has 0 aliphatic carbocycles. The summed E-state index contributed by atoms with van der Waals surface area (Å²) in [6, 6.07) is 3.93. The minimum absolute atomic E-state index is 0.446. The normalized spacial score (nSPS) is 14.0. The van der Waals surface area contributed by atoms with Crippen LogP contribution in [0.2, 0.25) is 0 Å². The first-order valence-electron chi connectivity index (χ1n) is 4.07. The van der Waals surface area contributed by atoms with E-state index in [9.17, 15) is 13.2 Å². The second-order valence-corrected chi connectivity index (χ2v) is 4.86. The van der Waals surface area contributed by atoms with Crippen LogP contribution in [-0.2, 0) is 0 Å². The quantitative estimate of drug-likeness (QED) is 0.854. The predicted molar refractivity (Wildman–Crippen MR) is 59.4 cm³/mol. The molecule has 0 aliphatic heterocycles. The van der Waals surface area contributed by atoms with E-state index >= 15 is 0 Å². The molecule has 84 valence electrons. The molecule has 0 heterocycles. The summed E-state index contributed by atoms with van der Waals surface area (Å²) in [7, 11) is 0. The first-order valence-corrected chi connectivity index (χ1v) is 5.65. The zero-order chi connectivity index (χ0) is 11.6. The first kappa shape index (κ1) is 13.0. The molecule has 1 nitrogen and oxygen atoms in total. The molecule has 2 N–H and O–H groups in total. The van der Waals surface area contributed by atoms with Crippen LogP contribution in [-0.4, -0.2) is 6.18 Å². The molecule has 15 heavy (non-hydrogen) atoms. The number of alkyl halides is 3. The van der Waals surface area contributed by atoms with Gasteiger partial charge < -0.3 is 5.73 Å². The van der Waals surface area contributed by atoms with E-state index in [-0.39, 0.29) is 0 Å². The molecule has 1 aromatic carbocycles. The molecule has 6 heteroatoms. The van der Waals surface area contributed by atoms with Gasteiger partial charge in [0.15, 0.2) is 0 Å². The summed E-state index contributed by atoms with van der Waals surface area (Å²) in [6.45, 7) is 0. The lowest BCUT2D eigenvalue weighted by Crippen LogP contribution is -2.20. The Morgan fingerprint density at radius 2 is 1.87 bits per heavy atom. The molecule has 0 radical (unpaired) electrons. The number of benzene rings is 1. The van der Waals surface area contributed by atoms with E-state index in [0.29, 0.717) is 14.5 Å². The van der Waals surface area contributed by atoms with E-state index < -0.39 is 18.6 Å². The number of rotatable bonds is 2. The molecule has 0 amide bonds. The summed E-state index contributed by atoms with van der Waals surface area (Å²) in [5.74, 6) is 0. The molecule has 1 atom stereocenters. The summed E-state index contributed by atoms with van der Waals surface area (Å²) >= 11 is 6.36. The molecule has 1 aromatic rings. The topological polar surface area (TPSA) is 26.0 Å². The molecular formula is C9H8Br2F3N. The van der Waals surface area contributed by atoms with Crippen molar-refractivity contribution in [3.63, 3.8) is 0 Å². The lowest BCUT2D eigenvalue weighted by Gasteiger charge is -2.16. The van der Waals surface area contributed by atoms with Crippen LogP contribution in [0.15, 0.2) is 27.1 Å². The monoisotopic (exact) mass is 345 g/mol. The van der Waals surface area contributed by atoms with Crippen LogP contribution in [0.25, 0.3) is 0 Å². The Labute approximate surface area is 102 Å². The van der Waals surface area contributed by atoms with Crippen LogP contribution in [0.3, 0.4) is 0 Å². The molecule has 0 spiro atoms. The van der Waals surface area contributed by atoms with Crippen LogP contribution < -0.4 is 5.73 Å². The van der Waals surface area contributed by atoms with Gasteiger partial charge in [0, 0.05) is 15.0 Å². The van der Waals surface area contributed by atoms with Crippen molar-refractivity contribution in [1.29, 1.82) is 0 Å². The Kier molecular flexibility index (Phi) is 4.20. The van der Waals surface area contributed by atoms with E-state index in [0.717, 1.165) is 0 Å². The number of halogens is 5. The van der Waals surface area contributed by atoms with Crippen molar-refractivity contribution in [2.45, 2.75) is 18.6 Å². The second kappa shape index (κ2) is 4.84. The molecule has 0 saturated heterocycles. The summed E-state index contributed by atoms with van der Waals surface area (Å²) in [6.07, 6.45) is -5.27. The summed E-state index contributed by atoms with van der Waals surface area (Å²) in [5, 5.41) is 0. The van der Waals surface area contributed by atoms with Crippen LogP contribution in [0.5, 0.6) is 0 Å². The molecule has 1 rings (SSSR count). The third-order valence-electron chi connectivity index (χ3n) is 1.81. The fourth-order valence-corrected chi connectivity index (χ4v) is 2.08. The van der Waals surface area contributed by atoms with Gasteiger partial charge in [-0.2, -0.15) is 13.2 Å². The van der Waals surface area contributed by atoms with Crippen LogP contribution in [0.1, 0.15) is 18.0 Å². The Morgan fingerprint density at radius 1 is 1.27 bits per heavy atom. The maximum atomic E-state index is 12.1. The van der Waals surface area contributed by atoms with Crippen molar-refractivity contribution in [3.05, 3.63) is 32.7 Å². The fraction of sp³-hybridized carbons (Fsp3) is 0.333. The zero-order valence-corrected chi connectivity index (χ0v) is 10.7. The lowest BCUT2D eigenvalue weighted by molar-refractivity contribution is -0.138. The van der Waals surface area contributed by atoms with Gasteiger partial charge in [0.1, 0.15) is 0 Å². The predicted octanol–water partition coefficient (Wildman–Crippen LogP) is 4.16. The summed E-state index contributed by atoms with van der Waals surface area (Å²) < 4.78 is 37.6. The smallest absolute Gasteiger partial charge is 0.324 e. The molecule has 0 aromatic heterocycles. The Morgan fingerprint density at radius 3 is 2.40 bits per heavy atom. The van der Waals surface area contributed by atoms with Gasteiger partial charge in [-0.3, -0.25) is 0 Å². The largest absolute Gasteiger partial charge is 0.390 e. The molecule has 0 saturated carbocycles. The van der Waals surface area contributed by atoms with Gasteiger partial charge in [0.2, 0.25) is 0 Å². The van der Waals surface area contributed by atoms with Gasteiger partial charge in [-0.25, -0.2) is 0 Å². The number of hydrogen-bond acceptors (Lipinski definition) is 1. The number of nitrogens with two attached hydrogens (primary N) is 1. The average molecular weight is 347 g/mol. The van der Waals surface area contributed by atoms with Gasteiger partial charge in [-0.1, -0.05) is 31.9 Å². The average Bonchev–Trinajstić information content (AvgIpc) is 2.06. The SMILES string of the molecule is N[C@@H](CC(F)(F)F)c1cc(Br)ccc1Br. The van der Waals surface area contributed by atoms with E-state index in [4.69, 9.17) is 5.73 Å². The third-order valence-corrected chi connectivity index (χ3v) is 3.02. The van der Waals surface area contributed by atoms with Gasteiger partial charge in [0.25, 0.3) is 0 Å². The highest BCUT2D eigenvalue weighted by molar-refractivity contribution is 9.11. The molecule has 0 unspecified atom stereocenters. The van der Waals surface area contributed by atoms with Crippen molar-refractivity contribution >= 4 is 31.9 Å². The highest BCUT2D eigenvalue weighted by Gasteiger charge is 2.31. The van der Waals surface area contributed by atoms with Crippen molar-refractivity contribution in [1.82, 2.24) is 0 Å². The Bertz CT molecular complexity index is 352. The first-order chi connectivity index (χ1) is 6.79. The third kappa shape index (κ3) is 4.12. The highest BCUT2D eigenvalue weighted by atomic mass is 79.9. The maximum absolute atomic E-state index is 12.1. The standard InChI is InChI=1S/C9H8Br2F3N/c10-5-1-2-7(11)6(3-5)8(15)4-9(12,13)14/h1-3,8H,4,15H2/t8-/m0/s1. The van der Waals surface area contributed by atoms with E-state index in [2.05, 4.69) is 31.9 Å². The van der Waals surface area contributed by atoms with Crippen molar-refractivity contribution in [3.8, 4) is 0 Å². The van der Waals surface area contributed by atoms with Gasteiger partial charge in [-0.05, 0) is 23.8 Å². The Balaban J connectivity index is 2.90. The second-order valence-electron chi connectivity index (χ2n) is 3.09. The van der Waals surface area contributed by atoms with Gasteiger partial charge >= 0.3 is 6.18 Å². The minimum Gasteiger partial charge on any atom is -0.324 e. The van der Waals surface area contributed by atoms with Crippen molar-refractivity contribution in [2.24, 2.45) is 5.73 Å².